The van der Waals surface area contributed by atoms with Crippen LogP contribution in [0.5, 0.6) is 0 Å². The van der Waals surface area contributed by atoms with Crippen molar-refractivity contribution in [1.29, 1.82) is 0 Å². The van der Waals surface area contributed by atoms with E-state index in [1.54, 1.807) is 0 Å². The molecule has 0 aromatic heterocycles. The Kier molecular flexibility index (Phi) is 6.67. The number of hydrogen-bond donors (Lipinski definition) is 1. The van der Waals surface area contributed by atoms with E-state index in [9.17, 15) is 14.4 Å². The zero-order valence-corrected chi connectivity index (χ0v) is 19.2. The predicted molar refractivity (Wildman–Crippen MR) is 124 cm³/mol. The van der Waals surface area contributed by atoms with Gasteiger partial charge in [-0.05, 0) is 41.0 Å². The second kappa shape index (κ2) is 9.65. The maximum absolute atomic E-state index is 13.2. The summed E-state index contributed by atoms with van der Waals surface area (Å²) in [7, 11) is 1.32. The summed E-state index contributed by atoms with van der Waals surface area (Å²) in [5, 5.41) is 2.74. The first-order chi connectivity index (χ1) is 15.9. The number of alkyl carbamates (subject to hydrolysis) is 1. The molecule has 2 aliphatic rings. The fourth-order valence-corrected chi connectivity index (χ4v) is 4.87. The van der Waals surface area contributed by atoms with E-state index < -0.39 is 24.1 Å². The molecule has 33 heavy (non-hydrogen) atoms. The number of carbonyl (C=O) groups excluding carboxylic acids is 3. The molecular formula is C26H30N2O5. The van der Waals surface area contributed by atoms with Crippen LogP contribution in [0.2, 0.25) is 0 Å². The highest BCUT2D eigenvalue weighted by Gasteiger charge is 2.39. The number of fused-ring (bicyclic) bond motifs is 3. The molecule has 0 radical (unpaired) electrons. The average Bonchev–Trinajstić information content (AvgIpc) is 3.43. The van der Waals surface area contributed by atoms with Crippen LogP contribution in [0.25, 0.3) is 11.1 Å². The third-order valence-electron chi connectivity index (χ3n) is 6.56. The maximum Gasteiger partial charge on any atom is 0.407 e. The van der Waals surface area contributed by atoms with Crippen molar-refractivity contribution < 1.29 is 23.9 Å². The normalized spacial score (nSPS) is 17.9. The van der Waals surface area contributed by atoms with Gasteiger partial charge in [-0.25, -0.2) is 9.59 Å². The standard InChI is InChI=1S/C26H30N2O5/c1-16(2)23(24(29)28-14-8-13-22(28)25(30)32-3)27-26(31)33-15-21-19-11-6-4-9-17(19)18-10-5-7-12-20(18)21/h4-7,9-12,16,21-23H,8,13-15H2,1-3H3,(H,27,31)/t22-,23+/m1/s1. The summed E-state index contributed by atoms with van der Waals surface area (Å²) in [5.74, 6) is -0.938. The predicted octanol–water partition coefficient (Wildman–Crippen LogP) is 3.71. The molecule has 0 saturated carbocycles. The van der Waals surface area contributed by atoms with Crippen LogP contribution >= 0.6 is 0 Å². The highest BCUT2D eigenvalue weighted by atomic mass is 16.5. The highest BCUT2D eigenvalue weighted by Crippen LogP contribution is 2.44. The zero-order chi connectivity index (χ0) is 23.5. The summed E-state index contributed by atoms with van der Waals surface area (Å²) in [4.78, 5) is 39.5. The number of amides is 2. The molecule has 1 aliphatic heterocycles. The topological polar surface area (TPSA) is 84.9 Å². The summed E-state index contributed by atoms with van der Waals surface area (Å²) in [6, 6.07) is 14.9. The van der Waals surface area contributed by atoms with Gasteiger partial charge in [-0.15, -0.1) is 0 Å². The summed E-state index contributed by atoms with van der Waals surface area (Å²) >= 11 is 0. The second-order valence-electron chi connectivity index (χ2n) is 8.90. The van der Waals surface area contributed by atoms with Crippen molar-refractivity contribution in [3.63, 3.8) is 0 Å². The molecule has 4 rings (SSSR count). The quantitative estimate of drug-likeness (QED) is 0.678. The van der Waals surface area contributed by atoms with Crippen LogP contribution in [0.3, 0.4) is 0 Å². The minimum absolute atomic E-state index is 0.0568. The third-order valence-corrected chi connectivity index (χ3v) is 6.56. The van der Waals surface area contributed by atoms with E-state index in [1.165, 1.54) is 12.0 Å². The van der Waals surface area contributed by atoms with Gasteiger partial charge in [0.1, 0.15) is 18.7 Å². The number of nitrogens with one attached hydrogen (secondary N) is 1. The Balaban J connectivity index is 1.43. The van der Waals surface area contributed by atoms with Crippen LogP contribution in [0.15, 0.2) is 48.5 Å². The van der Waals surface area contributed by atoms with Gasteiger partial charge in [0.15, 0.2) is 0 Å². The largest absolute Gasteiger partial charge is 0.467 e. The Morgan fingerprint density at radius 2 is 1.64 bits per heavy atom. The number of nitrogens with zero attached hydrogens (tertiary/aromatic N) is 1. The molecule has 174 valence electrons. The second-order valence-corrected chi connectivity index (χ2v) is 8.90. The van der Waals surface area contributed by atoms with Crippen molar-refractivity contribution in [3.05, 3.63) is 59.7 Å². The number of likely N-dealkylation sites (tertiary alicyclic amines) is 1. The molecule has 2 aromatic carbocycles. The lowest BCUT2D eigenvalue weighted by atomic mass is 9.98. The number of ether oxygens (including phenoxy) is 2. The molecule has 1 saturated heterocycles. The van der Waals surface area contributed by atoms with Crippen LogP contribution < -0.4 is 5.32 Å². The molecule has 0 unspecified atom stereocenters. The van der Waals surface area contributed by atoms with E-state index in [-0.39, 0.29) is 24.3 Å². The van der Waals surface area contributed by atoms with E-state index in [4.69, 9.17) is 9.47 Å². The van der Waals surface area contributed by atoms with Gasteiger partial charge < -0.3 is 19.7 Å². The van der Waals surface area contributed by atoms with Gasteiger partial charge in [0.05, 0.1) is 7.11 Å². The minimum atomic E-state index is -0.786. The van der Waals surface area contributed by atoms with Crippen LogP contribution in [0, 0.1) is 5.92 Å². The molecule has 2 aromatic rings. The monoisotopic (exact) mass is 450 g/mol. The molecule has 1 heterocycles. The first kappa shape index (κ1) is 22.8. The van der Waals surface area contributed by atoms with E-state index in [2.05, 4.69) is 29.6 Å². The van der Waals surface area contributed by atoms with Gasteiger partial charge in [0.2, 0.25) is 5.91 Å². The van der Waals surface area contributed by atoms with Gasteiger partial charge in [-0.1, -0.05) is 62.4 Å². The molecule has 1 N–H and O–H groups in total. The van der Waals surface area contributed by atoms with Gasteiger partial charge >= 0.3 is 12.1 Å². The van der Waals surface area contributed by atoms with Gasteiger partial charge in [0, 0.05) is 12.5 Å². The van der Waals surface area contributed by atoms with E-state index in [0.29, 0.717) is 13.0 Å². The molecule has 0 bridgehead atoms. The Bertz CT molecular complexity index is 1000. The number of benzene rings is 2. The zero-order valence-electron chi connectivity index (χ0n) is 19.2. The smallest absolute Gasteiger partial charge is 0.407 e. The summed E-state index contributed by atoms with van der Waals surface area (Å²) in [6.45, 7) is 4.35. The molecule has 1 fully saturated rings. The number of hydrogen-bond acceptors (Lipinski definition) is 5. The van der Waals surface area contributed by atoms with Crippen molar-refractivity contribution >= 4 is 18.0 Å². The Hall–Kier alpha value is -3.35. The van der Waals surface area contributed by atoms with Crippen molar-refractivity contribution in [3.8, 4) is 11.1 Å². The van der Waals surface area contributed by atoms with E-state index >= 15 is 0 Å². The van der Waals surface area contributed by atoms with Gasteiger partial charge in [-0.3, -0.25) is 4.79 Å². The van der Waals surface area contributed by atoms with Crippen molar-refractivity contribution in [1.82, 2.24) is 10.2 Å². The van der Waals surface area contributed by atoms with E-state index in [1.807, 2.05) is 38.1 Å². The van der Waals surface area contributed by atoms with Gasteiger partial charge in [-0.2, -0.15) is 0 Å². The lowest BCUT2D eigenvalue weighted by Gasteiger charge is -2.29. The molecule has 7 nitrogen and oxygen atoms in total. The molecular weight excluding hydrogens is 420 g/mol. The Morgan fingerprint density at radius 3 is 2.21 bits per heavy atom. The number of esters is 1. The summed E-state index contributed by atoms with van der Waals surface area (Å²) in [6.07, 6.45) is 0.646. The van der Waals surface area contributed by atoms with Crippen LogP contribution in [0.4, 0.5) is 4.79 Å². The lowest BCUT2D eigenvalue weighted by molar-refractivity contribution is -0.151. The van der Waals surface area contributed by atoms with Gasteiger partial charge in [0.25, 0.3) is 0 Å². The minimum Gasteiger partial charge on any atom is -0.467 e. The highest BCUT2D eigenvalue weighted by molar-refractivity contribution is 5.90. The summed E-state index contributed by atoms with van der Waals surface area (Å²) in [5.41, 5.74) is 4.56. The van der Waals surface area contributed by atoms with Crippen molar-refractivity contribution in [2.45, 2.75) is 44.7 Å². The number of rotatable bonds is 6. The molecule has 1 aliphatic carbocycles. The molecule has 7 heteroatoms. The van der Waals surface area contributed by atoms with Crippen molar-refractivity contribution in [2.24, 2.45) is 5.92 Å². The third kappa shape index (κ3) is 4.45. The Morgan fingerprint density at radius 1 is 1.03 bits per heavy atom. The molecule has 2 atom stereocenters. The van der Waals surface area contributed by atoms with Crippen LogP contribution in [-0.2, 0) is 19.1 Å². The fraction of sp³-hybridized carbons (Fsp3) is 0.423. The SMILES string of the molecule is COC(=O)[C@H]1CCCN1C(=O)[C@@H](NC(=O)OCC1c2ccccc2-c2ccccc21)C(C)C. The first-order valence-corrected chi connectivity index (χ1v) is 11.4. The molecule has 0 spiro atoms. The number of carbonyl (C=O) groups is 3. The van der Waals surface area contributed by atoms with E-state index in [0.717, 1.165) is 28.7 Å². The van der Waals surface area contributed by atoms with Crippen LogP contribution in [0.1, 0.15) is 43.7 Å². The van der Waals surface area contributed by atoms with Crippen LogP contribution in [-0.4, -0.2) is 55.2 Å². The summed E-state index contributed by atoms with van der Waals surface area (Å²) < 4.78 is 10.5. The number of methoxy groups -OCH3 is 1. The first-order valence-electron chi connectivity index (χ1n) is 11.4. The molecule has 2 amide bonds. The Labute approximate surface area is 194 Å². The lowest BCUT2D eigenvalue weighted by Crippen LogP contribution is -2.54. The van der Waals surface area contributed by atoms with Crippen molar-refractivity contribution in [2.75, 3.05) is 20.3 Å². The maximum atomic E-state index is 13.2. The average molecular weight is 451 g/mol. The fourth-order valence-electron chi connectivity index (χ4n) is 4.87.